The molecule has 0 saturated heterocycles. The van der Waals surface area contributed by atoms with Crippen LogP contribution >= 0.6 is 0 Å². The minimum absolute atomic E-state index is 0.172. The molecule has 3 rings (SSSR count). The number of nitrogens with zero attached hydrogens (tertiary/aromatic N) is 1. The third-order valence-electron chi connectivity index (χ3n) is 3.73. The number of aliphatic hydroxyl groups excluding tert-OH is 1. The van der Waals surface area contributed by atoms with Gasteiger partial charge in [0, 0.05) is 17.2 Å². The second-order valence-corrected chi connectivity index (χ2v) is 5.22. The molecule has 0 aliphatic rings. The molecular weight excluding hydrogens is 332 g/mol. The van der Waals surface area contributed by atoms with Gasteiger partial charge in [-0.1, -0.05) is 5.16 Å². The number of ether oxygens (including phenoxy) is 2. The van der Waals surface area contributed by atoms with Crippen molar-refractivity contribution in [1.82, 2.24) is 5.16 Å². The highest BCUT2D eigenvalue weighted by Crippen LogP contribution is 2.37. The third-order valence-corrected chi connectivity index (χ3v) is 3.73. The predicted octanol–water partition coefficient (Wildman–Crippen LogP) is 3.80. The smallest absolute Gasteiger partial charge is 0.173 e. The standard InChI is InChI=1S/C18H15F2NO4/c1-23-15-4-3-10(7-16(15)24-2)18-14(9-22)17(21-25-18)11-5-12(19)8-13(20)6-11/h3-8,22H,9H2,1-2H3. The number of aromatic nitrogens is 1. The minimum atomic E-state index is -0.741. The molecule has 0 saturated carbocycles. The van der Waals surface area contributed by atoms with Crippen molar-refractivity contribution in [3.63, 3.8) is 0 Å². The van der Waals surface area contributed by atoms with Gasteiger partial charge in [-0.25, -0.2) is 8.78 Å². The van der Waals surface area contributed by atoms with Crippen LogP contribution in [0.15, 0.2) is 40.9 Å². The van der Waals surface area contributed by atoms with Crippen LogP contribution in [0, 0.1) is 11.6 Å². The highest BCUT2D eigenvalue weighted by molar-refractivity contribution is 5.73. The number of hydrogen-bond donors (Lipinski definition) is 1. The zero-order valence-corrected chi connectivity index (χ0v) is 13.5. The molecule has 1 N–H and O–H groups in total. The Morgan fingerprint density at radius 3 is 2.24 bits per heavy atom. The monoisotopic (exact) mass is 347 g/mol. The first kappa shape index (κ1) is 16.9. The average molecular weight is 347 g/mol. The van der Waals surface area contributed by atoms with Crippen molar-refractivity contribution in [1.29, 1.82) is 0 Å². The minimum Gasteiger partial charge on any atom is -0.493 e. The molecule has 0 radical (unpaired) electrons. The van der Waals surface area contributed by atoms with Crippen molar-refractivity contribution < 1.29 is 27.9 Å². The van der Waals surface area contributed by atoms with Gasteiger partial charge in [0.15, 0.2) is 17.3 Å². The van der Waals surface area contributed by atoms with E-state index in [1.165, 1.54) is 14.2 Å². The van der Waals surface area contributed by atoms with Crippen molar-refractivity contribution >= 4 is 0 Å². The molecule has 0 amide bonds. The Labute approximate surface area is 142 Å². The number of hydrogen-bond acceptors (Lipinski definition) is 5. The van der Waals surface area contributed by atoms with E-state index >= 15 is 0 Å². The number of aliphatic hydroxyl groups is 1. The summed E-state index contributed by atoms with van der Waals surface area (Å²) in [6.07, 6.45) is 0. The molecule has 0 aliphatic carbocycles. The Morgan fingerprint density at radius 1 is 0.960 bits per heavy atom. The van der Waals surface area contributed by atoms with Gasteiger partial charge in [-0.05, 0) is 30.3 Å². The van der Waals surface area contributed by atoms with E-state index in [1.807, 2.05) is 0 Å². The molecular formula is C18H15F2NO4. The Balaban J connectivity index is 2.12. The van der Waals surface area contributed by atoms with E-state index < -0.39 is 18.2 Å². The van der Waals surface area contributed by atoms with Gasteiger partial charge in [0.2, 0.25) is 0 Å². The van der Waals surface area contributed by atoms with Gasteiger partial charge in [0.25, 0.3) is 0 Å². The van der Waals surface area contributed by atoms with Gasteiger partial charge in [0.1, 0.15) is 17.3 Å². The maximum Gasteiger partial charge on any atom is 0.173 e. The largest absolute Gasteiger partial charge is 0.493 e. The lowest BCUT2D eigenvalue weighted by Gasteiger charge is -2.08. The van der Waals surface area contributed by atoms with Gasteiger partial charge in [-0.15, -0.1) is 0 Å². The zero-order valence-electron chi connectivity index (χ0n) is 13.5. The lowest BCUT2D eigenvalue weighted by molar-refractivity contribution is 0.281. The fourth-order valence-electron chi connectivity index (χ4n) is 2.58. The maximum atomic E-state index is 13.5. The molecule has 2 aromatic carbocycles. The quantitative estimate of drug-likeness (QED) is 0.761. The summed E-state index contributed by atoms with van der Waals surface area (Å²) in [5, 5.41) is 13.6. The van der Waals surface area contributed by atoms with Crippen molar-refractivity contribution in [2.75, 3.05) is 14.2 Å². The summed E-state index contributed by atoms with van der Waals surface area (Å²) in [6, 6.07) is 8.05. The molecule has 0 atom stereocenters. The van der Waals surface area contributed by atoms with Crippen LogP contribution < -0.4 is 9.47 Å². The van der Waals surface area contributed by atoms with E-state index in [9.17, 15) is 13.9 Å². The van der Waals surface area contributed by atoms with Crippen LogP contribution in [0.4, 0.5) is 8.78 Å². The van der Waals surface area contributed by atoms with E-state index in [4.69, 9.17) is 14.0 Å². The van der Waals surface area contributed by atoms with Crippen LogP contribution in [0.2, 0.25) is 0 Å². The van der Waals surface area contributed by atoms with E-state index in [2.05, 4.69) is 5.16 Å². The molecule has 0 aliphatic heterocycles. The first-order valence-corrected chi connectivity index (χ1v) is 7.35. The highest BCUT2D eigenvalue weighted by Gasteiger charge is 2.20. The van der Waals surface area contributed by atoms with Crippen LogP contribution in [0.3, 0.4) is 0 Å². The summed E-state index contributed by atoms with van der Waals surface area (Å²) in [6.45, 7) is -0.416. The number of rotatable bonds is 5. The third kappa shape index (κ3) is 3.18. The average Bonchev–Trinajstić information content (AvgIpc) is 3.04. The van der Waals surface area contributed by atoms with Gasteiger partial charge >= 0.3 is 0 Å². The topological polar surface area (TPSA) is 64.7 Å². The van der Waals surface area contributed by atoms with Gasteiger partial charge in [-0.3, -0.25) is 0 Å². The summed E-state index contributed by atoms with van der Waals surface area (Å²) >= 11 is 0. The number of benzene rings is 2. The highest BCUT2D eigenvalue weighted by atomic mass is 19.1. The Hall–Kier alpha value is -2.93. The summed E-state index contributed by atoms with van der Waals surface area (Å²) in [5.41, 5.74) is 1.25. The molecule has 1 heterocycles. The lowest BCUT2D eigenvalue weighted by atomic mass is 10.0. The van der Waals surface area contributed by atoms with Crippen LogP contribution in [-0.2, 0) is 6.61 Å². The van der Waals surface area contributed by atoms with Gasteiger partial charge in [-0.2, -0.15) is 0 Å². The summed E-state index contributed by atoms with van der Waals surface area (Å²) < 4.78 is 42.7. The molecule has 25 heavy (non-hydrogen) atoms. The Morgan fingerprint density at radius 2 is 1.64 bits per heavy atom. The molecule has 1 aromatic heterocycles. The second-order valence-electron chi connectivity index (χ2n) is 5.22. The van der Waals surface area contributed by atoms with Crippen molar-refractivity contribution in [3.8, 4) is 34.1 Å². The molecule has 7 heteroatoms. The zero-order chi connectivity index (χ0) is 18.0. The summed E-state index contributed by atoms with van der Waals surface area (Å²) in [7, 11) is 3.01. The molecule has 5 nitrogen and oxygen atoms in total. The van der Waals surface area contributed by atoms with E-state index in [0.717, 1.165) is 18.2 Å². The van der Waals surface area contributed by atoms with E-state index in [-0.39, 0.29) is 17.0 Å². The first-order valence-electron chi connectivity index (χ1n) is 7.35. The number of methoxy groups -OCH3 is 2. The predicted molar refractivity (Wildman–Crippen MR) is 86.3 cm³/mol. The maximum absolute atomic E-state index is 13.5. The fourth-order valence-corrected chi connectivity index (χ4v) is 2.58. The summed E-state index contributed by atoms with van der Waals surface area (Å²) in [4.78, 5) is 0. The van der Waals surface area contributed by atoms with Crippen molar-refractivity contribution in [2.45, 2.75) is 6.61 Å². The van der Waals surface area contributed by atoms with Crippen molar-refractivity contribution in [3.05, 3.63) is 53.6 Å². The van der Waals surface area contributed by atoms with Crippen LogP contribution in [0.5, 0.6) is 11.5 Å². The molecule has 0 spiro atoms. The summed E-state index contributed by atoms with van der Waals surface area (Å²) in [5.74, 6) is -0.199. The number of halogens is 2. The van der Waals surface area contributed by atoms with Gasteiger partial charge in [0.05, 0.1) is 26.4 Å². The van der Waals surface area contributed by atoms with Crippen LogP contribution in [0.25, 0.3) is 22.6 Å². The van der Waals surface area contributed by atoms with Crippen LogP contribution in [-0.4, -0.2) is 24.5 Å². The molecule has 3 aromatic rings. The Kier molecular flexibility index (Phi) is 4.67. The lowest BCUT2D eigenvalue weighted by Crippen LogP contribution is -1.93. The second kappa shape index (κ2) is 6.90. The van der Waals surface area contributed by atoms with E-state index in [1.54, 1.807) is 18.2 Å². The molecule has 0 bridgehead atoms. The molecule has 0 unspecified atom stereocenters. The van der Waals surface area contributed by atoms with E-state index in [0.29, 0.717) is 22.6 Å². The van der Waals surface area contributed by atoms with Crippen molar-refractivity contribution in [2.24, 2.45) is 0 Å². The normalized spacial score (nSPS) is 10.8. The first-order chi connectivity index (χ1) is 12.1. The molecule has 0 fully saturated rings. The van der Waals surface area contributed by atoms with Crippen LogP contribution in [0.1, 0.15) is 5.56 Å². The van der Waals surface area contributed by atoms with Gasteiger partial charge < -0.3 is 19.1 Å². The fraction of sp³-hybridized carbons (Fsp3) is 0.167. The molecule has 130 valence electrons. The SMILES string of the molecule is COc1ccc(-c2onc(-c3cc(F)cc(F)c3)c2CO)cc1OC. The Bertz CT molecular complexity index is 888.